The fourth-order valence-electron chi connectivity index (χ4n) is 2.54. The van der Waals surface area contributed by atoms with E-state index in [9.17, 15) is 4.79 Å². The summed E-state index contributed by atoms with van der Waals surface area (Å²) in [5.41, 5.74) is 0.451. The summed E-state index contributed by atoms with van der Waals surface area (Å²) in [6.45, 7) is 6.03. The van der Waals surface area contributed by atoms with E-state index in [1.807, 2.05) is 7.05 Å². The van der Waals surface area contributed by atoms with Crippen molar-refractivity contribution in [2.75, 3.05) is 25.0 Å². The standard InChI is InChI=1S/C14H21ClN4O/c1-3-9-19-14(20)13(15)12(10-17-19)18(2)11-5-4-7-16-8-6-11/h3,10-11,16H,1,4-9H2,2H3. The molecule has 1 fully saturated rings. The molecule has 1 aliphatic heterocycles. The van der Waals surface area contributed by atoms with Gasteiger partial charge in [-0.1, -0.05) is 17.7 Å². The SMILES string of the molecule is C=CCn1ncc(N(C)C2CCCNCC2)c(Cl)c1=O. The lowest BCUT2D eigenvalue weighted by Gasteiger charge is -2.29. The zero-order valence-electron chi connectivity index (χ0n) is 11.8. The first-order chi connectivity index (χ1) is 9.65. The Morgan fingerprint density at radius 2 is 2.40 bits per heavy atom. The van der Waals surface area contributed by atoms with Crippen LogP contribution in [0.2, 0.25) is 5.02 Å². The first kappa shape index (κ1) is 15.1. The van der Waals surface area contributed by atoms with Gasteiger partial charge in [0.1, 0.15) is 5.02 Å². The smallest absolute Gasteiger partial charge is 0.287 e. The van der Waals surface area contributed by atoms with Crippen molar-refractivity contribution < 1.29 is 0 Å². The molecular formula is C14H21ClN4O. The highest BCUT2D eigenvalue weighted by atomic mass is 35.5. The van der Waals surface area contributed by atoms with Crippen LogP contribution in [0.3, 0.4) is 0 Å². The van der Waals surface area contributed by atoms with E-state index in [4.69, 9.17) is 11.6 Å². The van der Waals surface area contributed by atoms with Gasteiger partial charge in [-0.3, -0.25) is 4.79 Å². The van der Waals surface area contributed by atoms with Crippen LogP contribution >= 0.6 is 11.6 Å². The molecule has 1 N–H and O–H groups in total. The number of hydrogen-bond donors (Lipinski definition) is 1. The van der Waals surface area contributed by atoms with E-state index >= 15 is 0 Å². The molecule has 0 aliphatic carbocycles. The van der Waals surface area contributed by atoms with E-state index in [0.29, 0.717) is 18.3 Å². The van der Waals surface area contributed by atoms with Gasteiger partial charge >= 0.3 is 0 Å². The van der Waals surface area contributed by atoms with Gasteiger partial charge in [0.25, 0.3) is 5.56 Å². The summed E-state index contributed by atoms with van der Waals surface area (Å²) in [5, 5.41) is 7.78. The second-order valence-corrected chi connectivity index (χ2v) is 5.44. The lowest BCUT2D eigenvalue weighted by Crippen LogP contribution is -2.35. The van der Waals surface area contributed by atoms with Crippen LogP contribution in [-0.2, 0) is 6.54 Å². The molecule has 1 aliphatic rings. The zero-order chi connectivity index (χ0) is 14.5. The van der Waals surface area contributed by atoms with Crippen LogP contribution in [0.25, 0.3) is 0 Å². The Morgan fingerprint density at radius 3 is 3.15 bits per heavy atom. The van der Waals surface area contributed by atoms with Gasteiger partial charge in [0.2, 0.25) is 0 Å². The predicted octanol–water partition coefficient (Wildman–Crippen LogP) is 1.66. The maximum Gasteiger partial charge on any atom is 0.287 e. The Morgan fingerprint density at radius 1 is 1.60 bits per heavy atom. The van der Waals surface area contributed by atoms with Gasteiger partial charge in [-0.15, -0.1) is 6.58 Å². The van der Waals surface area contributed by atoms with Gasteiger partial charge in [0, 0.05) is 13.1 Å². The molecule has 0 aromatic carbocycles. The molecule has 2 rings (SSSR count). The fourth-order valence-corrected chi connectivity index (χ4v) is 2.82. The van der Waals surface area contributed by atoms with Crippen molar-refractivity contribution in [1.82, 2.24) is 15.1 Å². The number of allylic oxidation sites excluding steroid dienone is 1. The largest absolute Gasteiger partial charge is 0.369 e. The van der Waals surface area contributed by atoms with E-state index in [0.717, 1.165) is 32.4 Å². The first-order valence-corrected chi connectivity index (χ1v) is 7.33. The van der Waals surface area contributed by atoms with E-state index in [1.54, 1.807) is 12.3 Å². The lowest BCUT2D eigenvalue weighted by atomic mass is 10.1. The number of hydrogen-bond acceptors (Lipinski definition) is 4. The van der Waals surface area contributed by atoms with Gasteiger partial charge in [-0.2, -0.15) is 5.10 Å². The third-order valence-corrected chi connectivity index (χ3v) is 4.10. The summed E-state index contributed by atoms with van der Waals surface area (Å²) in [6, 6.07) is 0.388. The number of aromatic nitrogens is 2. The molecule has 0 radical (unpaired) electrons. The summed E-state index contributed by atoms with van der Waals surface area (Å²) in [4.78, 5) is 14.2. The van der Waals surface area contributed by atoms with Crippen molar-refractivity contribution in [1.29, 1.82) is 0 Å². The number of anilines is 1. The average molecular weight is 297 g/mol. The number of rotatable bonds is 4. The lowest BCUT2D eigenvalue weighted by molar-refractivity contribution is 0.562. The van der Waals surface area contributed by atoms with Crippen LogP contribution in [0.5, 0.6) is 0 Å². The Hall–Kier alpha value is -1.33. The second kappa shape index (κ2) is 6.90. The van der Waals surface area contributed by atoms with Gasteiger partial charge in [-0.05, 0) is 32.4 Å². The van der Waals surface area contributed by atoms with Crippen molar-refractivity contribution in [3.05, 3.63) is 34.2 Å². The molecule has 6 heteroatoms. The minimum atomic E-state index is -0.261. The van der Waals surface area contributed by atoms with Crippen LogP contribution in [0.15, 0.2) is 23.6 Å². The number of halogens is 1. The molecule has 0 spiro atoms. The molecule has 0 bridgehead atoms. The van der Waals surface area contributed by atoms with Crippen molar-refractivity contribution in [3.63, 3.8) is 0 Å². The molecule has 2 heterocycles. The van der Waals surface area contributed by atoms with Gasteiger partial charge < -0.3 is 10.2 Å². The molecule has 0 saturated carbocycles. The van der Waals surface area contributed by atoms with Crippen molar-refractivity contribution in [2.45, 2.75) is 31.8 Å². The molecular weight excluding hydrogens is 276 g/mol. The summed E-state index contributed by atoms with van der Waals surface area (Å²) in [5.74, 6) is 0. The highest BCUT2D eigenvalue weighted by Gasteiger charge is 2.21. The van der Waals surface area contributed by atoms with Crippen LogP contribution in [0.1, 0.15) is 19.3 Å². The summed E-state index contributed by atoms with van der Waals surface area (Å²) >= 11 is 6.22. The zero-order valence-corrected chi connectivity index (χ0v) is 12.6. The molecule has 1 atom stereocenters. The maximum atomic E-state index is 12.1. The van der Waals surface area contributed by atoms with Crippen LogP contribution in [0.4, 0.5) is 5.69 Å². The minimum Gasteiger partial charge on any atom is -0.369 e. The van der Waals surface area contributed by atoms with E-state index < -0.39 is 0 Å². The second-order valence-electron chi connectivity index (χ2n) is 5.07. The molecule has 1 aromatic heterocycles. The quantitative estimate of drug-likeness (QED) is 0.859. The molecule has 5 nitrogen and oxygen atoms in total. The van der Waals surface area contributed by atoms with Crippen LogP contribution in [-0.4, -0.2) is 36.0 Å². The summed E-state index contributed by atoms with van der Waals surface area (Å²) in [7, 11) is 1.98. The molecule has 20 heavy (non-hydrogen) atoms. The highest BCUT2D eigenvalue weighted by molar-refractivity contribution is 6.33. The molecule has 110 valence electrons. The molecule has 1 saturated heterocycles. The molecule has 1 unspecified atom stereocenters. The monoisotopic (exact) mass is 296 g/mol. The maximum absolute atomic E-state index is 12.1. The Kier molecular flexibility index (Phi) is 5.20. The van der Waals surface area contributed by atoms with Crippen molar-refractivity contribution in [2.24, 2.45) is 0 Å². The summed E-state index contributed by atoms with van der Waals surface area (Å²) < 4.78 is 1.32. The van der Waals surface area contributed by atoms with Gasteiger partial charge in [0.05, 0.1) is 18.4 Å². The summed E-state index contributed by atoms with van der Waals surface area (Å²) in [6.07, 6.45) is 6.57. The average Bonchev–Trinajstić information content (AvgIpc) is 2.73. The van der Waals surface area contributed by atoms with Crippen LogP contribution < -0.4 is 15.8 Å². The van der Waals surface area contributed by atoms with Crippen molar-refractivity contribution in [3.8, 4) is 0 Å². The van der Waals surface area contributed by atoms with E-state index in [1.165, 1.54) is 4.68 Å². The highest BCUT2D eigenvalue weighted by Crippen LogP contribution is 2.24. The molecule has 0 amide bonds. The van der Waals surface area contributed by atoms with Gasteiger partial charge in [-0.25, -0.2) is 4.68 Å². The number of nitrogens with one attached hydrogen (secondary N) is 1. The Bertz CT molecular complexity index is 520. The van der Waals surface area contributed by atoms with E-state index in [-0.39, 0.29) is 10.6 Å². The minimum absolute atomic E-state index is 0.238. The first-order valence-electron chi connectivity index (χ1n) is 6.95. The fraction of sp³-hybridized carbons (Fsp3) is 0.571. The Balaban J connectivity index is 2.25. The number of nitrogens with zero attached hydrogens (tertiary/aromatic N) is 3. The molecule has 1 aromatic rings. The normalized spacial score (nSPS) is 19.4. The van der Waals surface area contributed by atoms with E-state index in [2.05, 4.69) is 21.9 Å². The Labute approximate surface area is 124 Å². The third-order valence-electron chi connectivity index (χ3n) is 3.74. The van der Waals surface area contributed by atoms with Gasteiger partial charge in [0.15, 0.2) is 0 Å². The van der Waals surface area contributed by atoms with Crippen molar-refractivity contribution >= 4 is 17.3 Å². The van der Waals surface area contributed by atoms with Crippen LogP contribution in [0, 0.1) is 0 Å². The predicted molar refractivity (Wildman–Crippen MR) is 82.6 cm³/mol. The topological polar surface area (TPSA) is 50.2 Å². The third kappa shape index (κ3) is 3.22.